The van der Waals surface area contributed by atoms with Crippen molar-refractivity contribution < 1.29 is 14.3 Å². The number of benzene rings is 3. The topological polar surface area (TPSA) is 67.4 Å². The van der Waals surface area contributed by atoms with Gasteiger partial charge in [-0.25, -0.2) is 0 Å². The van der Waals surface area contributed by atoms with E-state index in [-0.39, 0.29) is 5.91 Å². The smallest absolute Gasteiger partial charge is 0.269 e. The molecule has 0 aliphatic heterocycles. The molecule has 29 heavy (non-hydrogen) atoms. The molecular weight excluding hydrogens is 364 g/mol. The summed E-state index contributed by atoms with van der Waals surface area (Å²) in [5.74, 6) is -0.622. The first-order chi connectivity index (χ1) is 14.2. The Kier molecular flexibility index (Phi) is 7.00. The lowest BCUT2D eigenvalue weighted by atomic mass is 9.91. The van der Waals surface area contributed by atoms with Crippen LogP contribution in [0.3, 0.4) is 0 Å². The van der Waals surface area contributed by atoms with Crippen LogP contribution in [-0.2, 0) is 4.79 Å². The van der Waals surface area contributed by atoms with Gasteiger partial charge in [0.25, 0.3) is 5.91 Å². The van der Waals surface area contributed by atoms with Crippen LogP contribution in [0.4, 0.5) is 0 Å². The lowest BCUT2D eigenvalue weighted by molar-refractivity contribution is -0.122. The summed E-state index contributed by atoms with van der Waals surface area (Å²) in [7, 11) is 0. The first-order valence-electron chi connectivity index (χ1n) is 9.62. The van der Waals surface area contributed by atoms with Gasteiger partial charge in [-0.1, -0.05) is 73.7 Å². The van der Waals surface area contributed by atoms with Crippen molar-refractivity contribution in [2.75, 3.05) is 6.61 Å². The van der Waals surface area contributed by atoms with Gasteiger partial charge in [0, 0.05) is 5.56 Å². The zero-order valence-electron chi connectivity index (χ0n) is 16.3. The van der Waals surface area contributed by atoms with Crippen LogP contribution in [0.25, 0.3) is 0 Å². The highest BCUT2D eigenvalue weighted by molar-refractivity contribution is 5.96. The molecule has 148 valence electrons. The minimum Gasteiger partial charge on any atom is -0.494 e. The summed E-state index contributed by atoms with van der Waals surface area (Å²) in [6, 6.07) is 25.8. The molecule has 0 atom stereocenters. The molecule has 3 aromatic rings. The summed E-state index contributed by atoms with van der Waals surface area (Å²) in [6.07, 6.45) is 0.882. The van der Waals surface area contributed by atoms with Crippen LogP contribution in [0.15, 0.2) is 84.9 Å². The van der Waals surface area contributed by atoms with E-state index in [1.165, 1.54) is 0 Å². The average Bonchev–Trinajstić information content (AvgIpc) is 2.78. The van der Waals surface area contributed by atoms with Crippen molar-refractivity contribution in [3.8, 4) is 5.75 Å². The summed E-state index contributed by atoms with van der Waals surface area (Å²) in [6.45, 7) is 2.60. The predicted octanol–water partition coefficient (Wildman–Crippen LogP) is 4.07. The molecule has 0 heterocycles. The van der Waals surface area contributed by atoms with Crippen molar-refractivity contribution in [2.45, 2.75) is 19.3 Å². The Morgan fingerprint density at radius 3 is 2.03 bits per heavy atom. The van der Waals surface area contributed by atoms with Crippen molar-refractivity contribution >= 4 is 11.8 Å². The van der Waals surface area contributed by atoms with Crippen LogP contribution < -0.4 is 15.6 Å². The predicted molar refractivity (Wildman–Crippen MR) is 113 cm³/mol. The Morgan fingerprint density at radius 1 is 0.828 bits per heavy atom. The fourth-order valence-corrected chi connectivity index (χ4v) is 3.00. The second-order valence-electron chi connectivity index (χ2n) is 6.57. The molecule has 0 radical (unpaired) electrons. The van der Waals surface area contributed by atoms with Gasteiger partial charge in [-0.3, -0.25) is 20.4 Å². The van der Waals surface area contributed by atoms with Crippen molar-refractivity contribution in [1.82, 2.24) is 10.9 Å². The lowest BCUT2D eigenvalue weighted by Crippen LogP contribution is -2.44. The molecule has 5 heteroatoms. The van der Waals surface area contributed by atoms with Crippen molar-refractivity contribution in [3.05, 3.63) is 102 Å². The largest absolute Gasteiger partial charge is 0.494 e. The number of amides is 2. The number of hydrazine groups is 1. The number of nitrogens with one attached hydrogen (secondary N) is 2. The van der Waals surface area contributed by atoms with E-state index in [2.05, 4.69) is 10.9 Å². The molecule has 2 N–H and O–H groups in total. The highest BCUT2D eigenvalue weighted by Crippen LogP contribution is 2.24. The molecule has 5 nitrogen and oxygen atoms in total. The maximum atomic E-state index is 12.9. The summed E-state index contributed by atoms with van der Waals surface area (Å²) in [5, 5.41) is 0. The van der Waals surface area contributed by atoms with E-state index in [0.717, 1.165) is 17.5 Å². The number of carbonyl (C=O) groups excluding carboxylic acids is 2. The molecule has 3 rings (SSSR count). The van der Waals surface area contributed by atoms with Gasteiger partial charge in [-0.2, -0.15) is 0 Å². The first-order valence-corrected chi connectivity index (χ1v) is 9.62. The van der Waals surface area contributed by atoms with Crippen molar-refractivity contribution in [3.63, 3.8) is 0 Å². The van der Waals surface area contributed by atoms with Gasteiger partial charge in [0.05, 0.1) is 12.5 Å². The third-order valence-corrected chi connectivity index (χ3v) is 4.40. The van der Waals surface area contributed by atoms with Crippen molar-refractivity contribution in [1.29, 1.82) is 0 Å². The molecule has 0 fully saturated rings. The zero-order chi connectivity index (χ0) is 20.5. The molecule has 3 aromatic carbocycles. The van der Waals surface area contributed by atoms with Crippen molar-refractivity contribution in [2.24, 2.45) is 0 Å². The Morgan fingerprint density at radius 2 is 1.45 bits per heavy atom. The van der Waals surface area contributed by atoms with Crippen LogP contribution in [0.2, 0.25) is 0 Å². The van der Waals surface area contributed by atoms with Gasteiger partial charge in [-0.05, 0) is 35.7 Å². The zero-order valence-corrected chi connectivity index (χ0v) is 16.3. The first kappa shape index (κ1) is 20.1. The summed E-state index contributed by atoms with van der Waals surface area (Å²) < 4.78 is 5.56. The fourth-order valence-electron chi connectivity index (χ4n) is 3.00. The number of hydrogen-bond donors (Lipinski definition) is 2. The Labute approximate surface area is 170 Å². The fraction of sp³-hybridized carbons (Fsp3) is 0.167. The number of hydrogen-bond acceptors (Lipinski definition) is 3. The molecule has 0 aromatic heterocycles. The third kappa shape index (κ3) is 5.45. The average molecular weight is 388 g/mol. The van der Waals surface area contributed by atoms with Crippen LogP contribution >= 0.6 is 0 Å². The molecule has 0 aliphatic carbocycles. The molecule has 0 bridgehead atoms. The highest BCUT2D eigenvalue weighted by Gasteiger charge is 2.23. The minimum atomic E-state index is -0.531. The van der Waals surface area contributed by atoms with Gasteiger partial charge in [0.1, 0.15) is 5.75 Å². The minimum absolute atomic E-state index is 0.311. The molecule has 0 aliphatic rings. The summed E-state index contributed by atoms with van der Waals surface area (Å²) >= 11 is 0. The van der Waals surface area contributed by atoms with Crippen LogP contribution in [0, 0.1) is 0 Å². The third-order valence-electron chi connectivity index (χ3n) is 4.40. The molecule has 0 spiro atoms. The second kappa shape index (κ2) is 10.1. The molecular formula is C24H24N2O3. The monoisotopic (exact) mass is 388 g/mol. The standard InChI is InChI=1S/C24H24N2O3/c1-2-16-29-21-15-9-14-20(17-21)23(27)25-26-24(28)22(18-10-5-3-6-11-18)19-12-7-4-8-13-19/h3-15,17,22H,2,16H2,1H3,(H,25,27)(H,26,28). The van der Waals surface area contributed by atoms with Crippen LogP contribution in [0.1, 0.15) is 40.7 Å². The van der Waals surface area contributed by atoms with E-state index >= 15 is 0 Å². The van der Waals surface area contributed by atoms with E-state index < -0.39 is 11.8 Å². The Hall–Kier alpha value is -3.60. The quantitative estimate of drug-likeness (QED) is 0.600. The van der Waals surface area contributed by atoms with E-state index in [4.69, 9.17) is 4.74 Å². The van der Waals surface area contributed by atoms with Crippen LogP contribution in [0.5, 0.6) is 5.75 Å². The maximum absolute atomic E-state index is 12.9. The van der Waals surface area contributed by atoms with E-state index in [0.29, 0.717) is 17.9 Å². The van der Waals surface area contributed by atoms with Gasteiger partial charge in [-0.15, -0.1) is 0 Å². The normalized spacial score (nSPS) is 10.4. The maximum Gasteiger partial charge on any atom is 0.269 e. The van der Waals surface area contributed by atoms with Gasteiger partial charge in [0.15, 0.2) is 0 Å². The molecule has 0 saturated carbocycles. The summed E-state index contributed by atoms with van der Waals surface area (Å²) in [5.41, 5.74) is 7.18. The van der Waals surface area contributed by atoms with Gasteiger partial charge in [0.2, 0.25) is 5.91 Å². The second-order valence-corrected chi connectivity index (χ2v) is 6.57. The number of carbonyl (C=O) groups is 2. The van der Waals surface area contributed by atoms with Gasteiger partial charge < -0.3 is 4.74 Å². The Balaban J connectivity index is 1.71. The van der Waals surface area contributed by atoms with E-state index in [9.17, 15) is 9.59 Å². The SMILES string of the molecule is CCCOc1cccc(C(=O)NNC(=O)C(c2ccccc2)c2ccccc2)c1. The molecule has 0 saturated heterocycles. The van der Waals surface area contributed by atoms with Crippen LogP contribution in [-0.4, -0.2) is 18.4 Å². The highest BCUT2D eigenvalue weighted by atomic mass is 16.5. The lowest BCUT2D eigenvalue weighted by Gasteiger charge is -2.18. The molecule has 0 unspecified atom stereocenters. The number of rotatable bonds is 7. The van der Waals surface area contributed by atoms with E-state index in [1.807, 2.05) is 67.6 Å². The number of ether oxygens (including phenoxy) is 1. The summed E-state index contributed by atoms with van der Waals surface area (Å²) in [4.78, 5) is 25.4. The van der Waals surface area contributed by atoms with Gasteiger partial charge >= 0.3 is 0 Å². The molecule has 2 amide bonds. The van der Waals surface area contributed by atoms with E-state index in [1.54, 1.807) is 24.3 Å². The Bertz CT molecular complexity index is 903.